The molecule has 1 amide bonds. The summed E-state index contributed by atoms with van der Waals surface area (Å²) in [5.41, 5.74) is 1.17. The summed E-state index contributed by atoms with van der Waals surface area (Å²) in [6.45, 7) is 1.03. The molecule has 0 bridgehead atoms. The maximum absolute atomic E-state index is 14.3. The molecule has 6 nitrogen and oxygen atoms in total. The van der Waals surface area contributed by atoms with E-state index in [9.17, 15) is 9.18 Å². The molecule has 2 aromatic rings. The Labute approximate surface area is 176 Å². The van der Waals surface area contributed by atoms with Crippen molar-refractivity contribution in [2.24, 2.45) is 0 Å². The normalized spacial score (nSPS) is 16.1. The SMILES string of the molecule is COc1ccc(OC)c([C@@H]2CCCN2CC(=O)N(CCC#N)c2ccccc2F)c1. The summed E-state index contributed by atoms with van der Waals surface area (Å²) in [7, 11) is 3.24. The summed E-state index contributed by atoms with van der Waals surface area (Å²) >= 11 is 0. The summed E-state index contributed by atoms with van der Waals surface area (Å²) in [6.07, 6.45) is 1.96. The second kappa shape index (κ2) is 10.1. The van der Waals surface area contributed by atoms with Gasteiger partial charge in [-0.1, -0.05) is 12.1 Å². The van der Waals surface area contributed by atoms with Gasteiger partial charge in [0.05, 0.1) is 38.9 Å². The van der Waals surface area contributed by atoms with E-state index in [2.05, 4.69) is 4.90 Å². The summed E-state index contributed by atoms with van der Waals surface area (Å²) in [5, 5.41) is 8.98. The molecule has 1 aliphatic heterocycles. The zero-order valence-corrected chi connectivity index (χ0v) is 17.3. The first-order valence-corrected chi connectivity index (χ1v) is 9.96. The smallest absolute Gasteiger partial charge is 0.241 e. The van der Waals surface area contributed by atoms with E-state index >= 15 is 0 Å². The second-order valence-corrected chi connectivity index (χ2v) is 7.14. The lowest BCUT2D eigenvalue weighted by Gasteiger charge is -2.29. The molecule has 7 heteroatoms. The maximum Gasteiger partial charge on any atom is 0.241 e. The molecule has 0 saturated carbocycles. The van der Waals surface area contributed by atoms with Crippen molar-refractivity contribution in [3.05, 3.63) is 53.8 Å². The first-order chi connectivity index (χ1) is 14.6. The number of hydrogen-bond acceptors (Lipinski definition) is 5. The van der Waals surface area contributed by atoms with Gasteiger partial charge < -0.3 is 14.4 Å². The molecule has 1 heterocycles. The van der Waals surface area contributed by atoms with E-state index in [0.29, 0.717) is 0 Å². The Balaban J connectivity index is 1.84. The van der Waals surface area contributed by atoms with E-state index in [1.807, 2.05) is 24.3 Å². The molecule has 0 N–H and O–H groups in total. The lowest BCUT2D eigenvalue weighted by atomic mass is 10.0. The number of ether oxygens (including phenoxy) is 2. The number of carbonyl (C=O) groups excluding carboxylic acids is 1. The van der Waals surface area contributed by atoms with E-state index in [1.54, 1.807) is 32.4 Å². The van der Waals surface area contributed by atoms with Gasteiger partial charge in [0, 0.05) is 18.2 Å². The molecule has 0 unspecified atom stereocenters. The van der Waals surface area contributed by atoms with Crippen molar-refractivity contribution in [3.8, 4) is 17.6 Å². The van der Waals surface area contributed by atoms with E-state index < -0.39 is 5.82 Å². The van der Waals surface area contributed by atoms with Gasteiger partial charge in [0.2, 0.25) is 5.91 Å². The van der Waals surface area contributed by atoms with Crippen molar-refractivity contribution in [2.45, 2.75) is 25.3 Å². The molecular weight excluding hydrogens is 385 g/mol. The number of carbonyl (C=O) groups is 1. The Morgan fingerprint density at radius 3 is 2.77 bits per heavy atom. The molecule has 1 fully saturated rings. The van der Waals surface area contributed by atoms with Crippen LogP contribution in [0.3, 0.4) is 0 Å². The summed E-state index contributed by atoms with van der Waals surface area (Å²) < 4.78 is 25.2. The van der Waals surface area contributed by atoms with Crippen LogP contribution in [0.25, 0.3) is 0 Å². The van der Waals surface area contributed by atoms with Gasteiger partial charge >= 0.3 is 0 Å². The van der Waals surface area contributed by atoms with Crippen LogP contribution in [0.2, 0.25) is 0 Å². The lowest BCUT2D eigenvalue weighted by molar-refractivity contribution is -0.120. The number of amides is 1. The summed E-state index contributed by atoms with van der Waals surface area (Å²) in [4.78, 5) is 16.6. The van der Waals surface area contributed by atoms with Crippen molar-refractivity contribution in [1.82, 2.24) is 4.90 Å². The van der Waals surface area contributed by atoms with Gasteiger partial charge in [0.25, 0.3) is 0 Å². The zero-order chi connectivity index (χ0) is 21.5. The number of likely N-dealkylation sites (tertiary alicyclic amines) is 1. The number of halogens is 1. The van der Waals surface area contributed by atoms with E-state index in [4.69, 9.17) is 14.7 Å². The third kappa shape index (κ3) is 4.71. The number of nitrogens with zero attached hydrogens (tertiary/aromatic N) is 3. The number of anilines is 1. The van der Waals surface area contributed by atoms with Gasteiger partial charge in [-0.3, -0.25) is 9.69 Å². The van der Waals surface area contributed by atoms with Crippen LogP contribution in [0.15, 0.2) is 42.5 Å². The minimum absolute atomic E-state index is 0.00237. The molecule has 158 valence electrons. The maximum atomic E-state index is 14.3. The van der Waals surface area contributed by atoms with Gasteiger partial charge in [-0.15, -0.1) is 0 Å². The minimum atomic E-state index is -0.476. The van der Waals surface area contributed by atoms with Crippen LogP contribution in [0, 0.1) is 17.1 Å². The Morgan fingerprint density at radius 2 is 2.07 bits per heavy atom. The predicted molar refractivity (Wildman–Crippen MR) is 112 cm³/mol. The van der Waals surface area contributed by atoms with Gasteiger partial charge in [-0.25, -0.2) is 4.39 Å². The molecule has 1 aliphatic rings. The molecule has 0 radical (unpaired) electrons. The summed E-state index contributed by atoms with van der Waals surface area (Å²) in [6, 6.07) is 13.8. The third-order valence-corrected chi connectivity index (χ3v) is 5.39. The Kier molecular flexibility index (Phi) is 7.26. The first kappa shape index (κ1) is 21.6. The standard InChI is InChI=1S/C23H26FN3O3/c1-29-17-10-11-22(30-2)18(15-17)20-9-5-13-26(20)16-23(28)27(14-6-12-25)21-8-4-3-7-19(21)24/h3-4,7-8,10-11,15,20H,5-6,9,13-14,16H2,1-2H3/t20-/m0/s1. The Morgan fingerprint density at radius 1 is 1.27 bits per heavy atom. The molecule has 1 atom stereocenters. The highest BCUT2D eigenvalue weighted by atomic mass is 19.1. The van der Waals surface area contributed by atoms with Crippen LogP contribution in [0.1, 0.15) is 30.9 Å². The number of rotatable bonds is 8. The molecule has 30 heavy (non-hydrogen) atoms. The van der Waals surface area contributed by atoms with Crippen LogP contribution >= 0.6 is 0 Å². The number of nitriles is 1. The van der Waals surface area contributed by atoms with Crippen molar-refractivity contribution < 1.29 is 18.7 Å². The fourth-order valence-corrected chi connectivity index (χ4v) is 3.94. The monoisotopic (exact) mass is 411 g/mol. The van der Waals surface area contributed by atoms with E-state index in [-0.39, 0.29) is 37.1 Å². The van der Waals surface area contributed by atoms with Crippen molar-refractivity contribution in [2.75, 3.05) is 38.8 Å². The molecule has 0 spiro atoms. The molecule has 0 aliphatic carbocycles. The number of hydrogen-bond donors (Lipinski definition) is 0. The van der Waals surface area contributed by atoms with Crippen LogP contribution in [0.4, 0.5) is 10.1 Å². The minimum Gasteiger partial charge on any atom is -0.497 e. The summed E-state index contributed by atoms with van der Waals surface area (Å²) in [5.74, 6) is 0.766. The highest BCUT2D eigenvalue weighted by Gasteiger charge is 2.32. The van der Waals surface area contributed by atoms with Gasteiger partial charge in [-0.2, -0.15) is 5.26 Å². The zero-order valence-electron chi connectivity index (χ0n) is 17.3. The van der Waals surface area contributed by atoms with Crippen LogP contribution in [0.5, 0.6) is 11.5 Å². The largest absolute Gasteiger partial charge is 0.497 e. The van der Waals surface area contributed by atoms with Gasteiger partial charge in [0.1, 0.15) is 17.3 Å². The van der Waals surface area contributed by atoms with Crippen molar-refractivity contribution >= 4 is 11.6 Å². The molecule has 3 rings (SSSR count). The average molecular weight is 411 g/mol. The number of methoxy groups -OCH3 is 2. The third-order valence-electron chi connectivity index (χ3n) is 5.39. The van der Waals surface area contributed by atoms with E-state index in [1.165, 1.54) is 11.0 Å². The van der Waals surface area contributed by atoms with Crippen molar-refractivity contribution in [1.29, 1.82) is 5.26 Å². The lowest BCUT2D eigenvalue weighted by Crippen LogP contribution is -2.41. The fraction of sp³-hybridized carbons (Fsp3) is 0.391. The van der Waals surface area contributed by atoms with Crippen LogP contribution in [-0.2, 0) is 4.79 Å². The topological polar surface area (TPSA) is 65.8 Å². The van der Waals surface area contributed by atoms with Crippen LogP contribution < -0.4 is 14.4 Å². The number of para-hydroxylation sites is 1. The highest BCUT2D eigenvalue weighted by Crippen LogP contribution is 2.39. The first-order valence-electron chi connectivity index (χ1n) is 9.96. The average Bonchev–Trinajstić information content (AvgIpc) is 3.22. The van der Waals surface area contributed by atoms with Crippen LogP contribution in [-0.4, -0.2) is 44.7 Å². The number of benzene rings is 2. The van der Waals surface area contributed by atoms with Crippen molar-refractivity contribution in [3.63, 3.8) is 0 Å². The van der Waals surface area contributed by atoms with Gasteiger partial charge in [-0.05, 0) is 49.7 Å². The Hall–Kier alpha value is -3.11. The molecule has 2 aromatic carbocycles. The van der Waals surface area contributed by atoms with Gasteiger partial charge in [0.15, 0.2) is 0 Å². The fourth-order valence-electron chi connectivity index (χ4n) is 3.94. The Bertz CT molecular complexity index is 928. The molecular formula is C23H26FN3O3. The second-order valence-electron chi connectivity index (χ2n) is 7.14. The highest BCUT2D eigenvalue weighted by molar-refractivity contribution is 5.95. The molecule has 0 aromatic heterocycles. The van der Waals surface area contributed by atoms with E-state index in [0.717, 1.165) is 36.4 Å². The molecule has 1 saturated heterocycles. The predicted octanol–water partition coefficient (Wildman–Crippen LogP) is 3.93. The quantitative estimate of drug-likeness (QED) is 0.659.